The fraction of sp³-hybridized carbons (Fsp3) is 0.455. The summed E-state index contributed by atoms with van der Waals surface area (Å²) in [4.78, 5) is 15.9. The summed E-state index contributed by atoms with van der Waals surface area (Å²) in [5.41, 5.74) is 2.51. The molecule has 0 saturated heterocycles. The predicted octanol–water partition coefficient (Wildman–Crippen LogP) is 1.67. The minimum Gasteiger partial charge on any atom is -0.294 e. The van der Waals surface area contributed by atoms with E-state index in [2.05, 4.69) is 17.0 Å². The van der Waals surface area contributed by atoms with Gasteiger partial charge in [-0.25, -0.2) is 9.50 Å². The SMILES string of the molecule is CCCCc1cc2nc(C)cc(=O)n2[nH]1. The number of nitrogens with zero attached hydrogens (tertiary/aromatic N) is 2. The van der Waals surface area contributed by atoms with E-state index in [4.69, 9.17) is 0 Å². The molecule has 0 atom stereocenters. The molecule has 0 unspecified atom stereocenters. The number of aromatic amines is 1. The molecule has 0 aromatic carbocycles. The summed E-state index contributed by atoms with van der Waals surface area (Å²) in [6, 6.07) is 3.48. The van der Waals surface area contributed by atoms with E-state index in [9.17, 15) is 4.79 Å². The molecular weight excluding hydrogens is 190 g/mol. The number of aryl methyl sites for hydroxylation is 2. The van der Waals surface area contributed by atoms with E-state index >= 15 is 0 Å². The van der Waals surface area contributed by atoms with Gasteiger partial charge in [-0.15, -0.1) is 0 Å². The second-order valence-corrected chi connectivity index (χ2v) is 3.81. The highest BCUT2D eigenvalue weighted by atomic mass is 16.1. The fourth-order valence-corrected chi connectivity index (χ4v) is 1.66. The molecule has 1 N–H and O–H groups in total. The predicted molar refractivity (Wildman–Crippen MR) is 59.2 cm³/mol. The van der Waals surface area contributed by atoms with Gasteiger partial charge < -0.3 is 0 Å². The molecule has 80 valence electrons. The molecule has 2 aromatic heterocycles. The maximum atomic E-state index is 11.6. The molecule has 2 rings (SSSR count). The van der Waals surface area contributed by atoms with Crippen LogP contribution in [0.15, 0.2) is 16.9 Å². The summed E-state index contributed by atoms with van der Waals surface area (Å²) in [6.07, 6.45) is 3.25. The van der Waals surface area contributed by atoms with Gasteiger partial charge in [0, 0.05) is 23.5 Å². The lowest BCUT2D eigenvalue weighted by Gasteiger charge is -1.93. The summed E-state index contributed by atoms with van der Waals surface area (Å²) in [5, 5.41) is 3.07. The van der Waals surface area contributed by atoms with Crippen LogP contribution in [0.3, 0.4) is 0 Å². The van der Waals surface area contributed by atoms with Crippen LogP contribution in [0.4, 0.5) is 0 Å². The smallest absolute Gasteiger partial charge is 0.272 e. The summed E-state index contributed by atoms with van der Waals surface area (Å²) in [7, 11) is 0. The van der Waals surface area contributed by atoms with Gasteiger partial charge in [-0.2, -0.15) is 0 Å². The van der Waals surface area contributed by atoms with E-state index in [1.54, 1.807) is 0 Å². The Labute approximate surface area is 87.9 Å². The van der Waals surface area contributed by atoms with Crippen LogP contribution in [-0.2, 0) is 6.42 Å². The summed E-state index contributed by atoms with van der Waals surface area (Å²) in [5.74, 6) is 0. The van der Waals surface area contributed by atoms with E-state index in [1.165, 1.54) is 10.6 Å². The molecule has 2 aromatic rings. The van der Waals surface area contributed by atoms with E-state index in [0.717, 1.165) is 30.7 Å². The Morgan fingerprint density at radius 3 is 3.00 bits per heavy atom. The van der Waals surface area contributed by atoms with Crippen molar-refractivity contribution in [1.29, 1.82) is 0 Å². The van der Waals surface area contributed by atoms with Gasteiger partial charge in [0.1, 0.15) is 0 Å². The van der Waals surface area contributed by atoms with Gasteiger partial charge in [0.2, 0.25) is 0 Å². The maximum absolute atomic E-state index is 11.6. The summed E-state index contributed by atoms with van der Waals surface area (Å²) in [6.45, 7) is 3.98. The van der Waals surface area contributed by atoms with Crippen LogP contribution < -0.4 is 5.56 Å². The monoisotopic (exact) mass is 205 g/mol. The Morgan fingerprint density at radius 2 is 2.27 bits per heavy atom. The summed E-state index contributed by atoms with van der Waals surface area (Å²) < 4.78 is 1.50. The van der Waals surface area contributed by atoms with Crippen molar-refractivity contribution in [3.63, 3.8) is 0 Å². The lowest BCUT2D eigenvalue weighted by molar-refractivity contribution is 0.756. The number of rotatable bonds is 3. The molecule has 0 aliphatic rings. The number of aromatic nitrogens is 3. The molecule has 0 aliphatic heterocycles. The van der Waals surface area contributed by atoms with Crippen LogP contribution in [-0.4, -0.2) is 14.6 Å². The van der Waals surface area contributed by atoms with Crippen molar-refractivity contribution in [2.45, 2.75) is 33.1 Å². The Balaban J connectivity index is 2.46. The van der Waals surface area contributed by atoms with E-state index in [0.29, 0.717) is 5.65 Å². The first kappa shape index (κ1) is 9.96. The summed E-state index contributed by atoms with van der Waals surface area (Å²) >= 11 is 0. The van der Waals surface area contributed by atoms with Crippen molar-refractivity contribution in [2.24, 2.45) is 0 Å². The zero-order valence-corrected chi connectivity index (χ0v) is 9.08. The van der Waals surface area contributed by atoms with Crippen LogP contribution in [0.5, 0.6) is 0 Å². The molecule has 15 heavy (non-hydrogen) atoms. The highest BCUT2D eigenvalue weighted by Crippen LogP contribution is 2.05. The van der Waals surface area contributed by atoms with Crippen LogP contribution in [0.2, 0.25) is 0 Å². The minimum absolute atomic E-state index is 0.0414. The Kier molecular flexibility index (Phi) is 2.58. The lowest BCUT2D eigenvalue weighted by atomic mass is 10.2. The van der Waals surface area contributed by atoms with Crippen molar-refractivity contribution in [3.8, 4) is 0 Å². The number of H-pyrrole nitrogens is 1. The number of unbranched alkanes of at least 4 members (excludes halogenated alkanes) is 1. The topological polar surface area (TPSA) is 50.2 Å². The molecule has 0 amide bonds. The molecule has 4 nitrogen and oxygen atoms in total. The van der Waals surface area contributed by atoms with Crippen LogP contribution >= 0.6 is 0 Å². The molecule has 0 radical (unpaired) electrons. The quantitative estimate of drug-likeness (QED) is 0.828. The first-order valence-electron chi connectivity index (χ1n) is 5.29. The molecule has 0 bridgehead atoms. The van der Waals surface area contributed by atoms with Gasteiger partial charge in [0.15, 0.2) is 5.65 Å². The number of nitrogens with one attached hydrogen (secondary N) is 1. The Morgan fingerprint density at radius 1 is 1.47 bits per heavy atom. The highest BCUT2D eigenvalue weighted by Gasteiger charge is 2.03. The highest BCUT2D eigenvalue weighted by molar-refractivity contribution is 5.39. The third-order valence-corrected chi connectivity index (χ3v) is 2.43. The first-order valence-corrected chi connectivity index (χ1v) is 5.29. The van der Waals surface area contributed by atoms with Crippen molar-refractivity contribution in [1.82, 2.24) is 14.6 Å². The number of hydrogen-bond donors (Lipinski definition) is 1. The van der Waals surface area contributed by atoms with Crippen LogP contribution in [0.1, 0.15) is 31.2 Å². The number of hydrogen-bond acceptors (Lipinski definition) is 2. The average molecular weight is 205 g/mol. The molecular formula is C11H15N3O. The standard InChI is InChI=1S/C11H15N3O/c1-3-4-5-9-7-10-12-8(2)6-11(15)14(10)13-9/h6-7,13H,3-5H2,1-2H3. The van der Waals surface area contributed by atoms with Gasteiger partial charge >= 0.3 is 0 Å². The third-order valence-electron chi connectivity index (χ3n) is 2.43. The Hall–Kier alpha value is -1.58. The molecule has 0 fully saturated rings. The van der Waals surface area contributed by atoms with Crippen molar-refractivity contribution in [2.75, 3.05) is 0 Å². The van der Waals surface area contributed by atoms with Crippen molar-refractivity contribution >= 4 is 5.65 Å². The molecule has 0 saturated carbocycles. The van der Waals surface area contributed by atoms with Gasteiger partial charge in [0.25, 0.3) is 5.56 Å². The van der Waals surface area contributed by atoms with Crippen molar-refractivity contribution in [3.05, 3.63) is 33.9 Å². The third kappa shape index (κ3) is 1.93. The van der Waals surface area contributed by atoms with E-state index in [1.807, 2.05) is 13.0 Å². The van der Waals surface area contributed by atoms with Gasteiger partial charge in [0.05, 0.1) is 0 Å². The van der Waals surface area contributed by atoms with Gasteiger partial charge in [-0.05, 0) is 19.8 Å². The lowest BCUT2D eigenvalue weighted by Crippen LogP contribution is -2.14. The van der Waals surface area contributed by atoms with Gasteiger partial charge in [-0.3, -0.25) is 9.89 Å². The number of fused-ring (bicyclic) bond motifs is 1. The van der Waals surface area contributed by atoms with Crippen LogP contribution in [0, 0.1) is 6.92 Å². The minimum atomic E-state index is -0.0414. The molecule has 0 aliphatic carbocycles. The normalized spacial score (nSPS) is 11.1. The first-order chi connectivity index (χ1) is 7.20. The van der Waals surface area contributed by atoms with Crippen molar-refractivity contribution < 1.29 is 0 Å². The zero-order valence-electron chi connectivity index (χ0n) is 9.08. The molecule has 0 spiro atoms. The van der Waals surface area contributed by atoms with Gasteiger partial charge in [-0.1, -0.05) is 13.3 Å². The zero-order chi connectivity index (χ0) is 10.8. The maximum Gasteiger partial charge on any atom is 0.272 e. The largest absolute Gasteiger partial charge is 0.294 e. The molecule has 4 heteroatoms. The Bertz CT molecular complexity index is 524. The fourth-order valence-electron chi connectivity index (χ4n) is 1.66. The molecule has 2 heterocycles. The average Bonchev–Trinajstić information content (AvgIpc) is 2.57. The second-order valence-electron chi connectivity index (χ2n) is 3.81. The second kappa shape index (κ2) is 3.88. The van der Waals surface area contributed by atoms with E-state index < -0.39 is 0 Å². The van der Waals surface area contributed by atoms with E-state index in [-0.39, 0.29) is 5.56 Å². The van der Waals surface area contributed by atoms with Crippen LogP contribution in [0.25, 0.3) is 5.65 Å².